The standard InChI is InChI=1S/C21H24FN3O2/c1-21(2)20(26)19(25-10-9-13-5-7-14(22)8-6-13)15-11-16(23-3)17(24-4)12-18(15)27-21/h5-8,11-12,19-20,25-26H,3-4,9-10H2,1-2H3/t19-,20?/m0/s1. The molecule has 0 saturated carbocycles. The first-order chi connectivity index (χ1) is 12.9. The minimum atomic E-state index is -0.776. The van der Waals surface area contributed by atoms with Crippen molar-refractivity contribution in [2.24, 2.45) is 9.98 Å². The van der Waals surface area contributed by atoms with Crippen LogP contribution in [-0.4, -0.2) is 36.8 Å². The molecule has 0 bridgehead atoms. The SMILES string of the molecule is C=Nc1cc2c(cc1N=C)[C@H](NCCc1ccc(F)cc1)C(O)C(C)(C)O2. The Morgan fingerprint density at radius 1 is 1.15 bits per heavy atom. The summed E-state index contributed by atoms with van der Waals surface area (Å²) in [6.07, 6.45) is -0.0580. The molecule has 2 N–H and O–H groups in total. The molecule has 0 radical (unpaired) electrons. The number of hydrogen-bond acceptors (Lipinski definition) is 5. The second-order valence-electron chi connectivity index (χ2n) is 7.15. The molecule has 2 aromatic carbocycles. The van der Waals surface area contributed by atoms with E-state index in [1.807, 2.05) is 19.9 Å². The summed E-state index contributed by atoms with van der Waals surface area (Å²) in [5, 5.41) is 14.3. The molecule has 0 aliphatic carbocycles. The Morgan fingerprint density at radius 3 is 2.41 bits per heavy atom. The van der Waals surface area contributed by atoms with Gasteiger partial charge in [0.05, 0.1) is 17.4 Å². The van der Waals surface area contributed by atoms with Gasteiger partial charge in [-0.3, -0.25) is 9.98 Å². The number of aliphatic hydroxyl groups is 1. The first-order valence-corrected chi connectivity index (χ1v) is 8.82. The highest BCUT2D eigenvalue weighted by Gasteiger charge is 2.43. The summed E-state index contributed by atoms with van der Waals surface area (Å²) >= 11 is 0. The van der Waals surface area contributed by atoms with Crippen LogP contribution in [0.25, 0.3) is 0 Å². The molecule has 2 atom stereocenters. The molecule has 0 fully saturated rings. The Balaban J connectivity index is 1.85. The molecule has 0 amide bonds. The van der Waals surface area contributed by atoms with Gasteiger partial charge in [0.15, 0.2) is 0 Å². The van der Waals surface area contributed by atoms with Crippen LogP contribution in [0.5, 0.6) is 5.75 Å². The number of hydrogen-bond donors (Lipinski definition) is 2. The lowest BCUT2D eigenvalue weighted by atomic mass is 9.86. The maximum atomic E-state index is 13.0. The van der Waals surface area contributed by atoms with E-state index in [0.717, 1.165) is 11.1 Å². The van der Waals surface area contributed by atoms with Gasteiger partial charge in [0.1, 0.15) is 23.3 Å². The zero-order valence-electron chi connectivity index (χ0n) is 15.6. The lowest BCUT2D eigenvalue weighted by Crippen LogP contribution is -2.52. The quantitative estimate of drug-likeness (QED) is 0.759. The van der Waals surface area contributed by atoms with E-state index in [-0.39, 0.29) is 11.9 Å². The Labute approximate surface area is 158 Å². The maximum absolute atomic E-state index is 13.0. The fourth-order valence-electron chi connectivity index (χ4n) is 3.32. The van der Waals surface area contributed by atoms with Gasteiger partial charge in [0.2, 0.25) is 0 Å². The van der Waals surface area contributed by atoms with Crippen LogP contribution in [0.3, 0.4) is 0 Å². The van der Waals surface area contributed by atoms with Crippen molar-refractivity contribution in [3.63, 3.8) is 0 Å². The van der Waals surface area contributed by atoms with Crippen LogP contribution < -0.4 is 10.1 Å². The normalized spacial score (nSPS) is 20.4. The van der Waals surface area contributed by atoms with Gasteiger partial charge in [0, 0.05) is 11.6 Å². The van der Waals surface area contributed by atoms with Gasteiger partial charge in [0.25, 0.3) is 0 Å². The lowest BCUT2D eigenvalue weighted by molar-refractivity contribution is -0.0643. The Bertz CT molecular complexity index is 849. The molecular weight excluding hydrogens is 345 g/mol. The van der Waals surface area contributed by atoms with Gasteiger partial charge in [-0.1, -0.05) is 12.1 Å². The highest BCUT2D eigenvalue weighted by Crippen LogP contribution is 2.45. The minimum absolute atomic E-state index is 0.252. The van der Waals surface area contributed by atoms with Crippen molar-refractivity contribution in [3.8, 4) is 5.75 Å². The van der Waals surface area contributed by atoms with E-state index in [9.17, 15) is 9.50 Å². The Morgan fingerprint density at radius 2 is 1.78 bits per heavy atom. The van der Waals surface area contributed by atoms with Crippen LogP contribution in [0.15, 0.2) is 46.4 Å². The largest absolute Gasteiger partial charge is 0.485 e. The lowest BCUT2D eigenvalue weighted by Gasteiger charge is -2.42. The van der Waals surface area contributed by atoms with Crippen molar-refractivity contribution < 1.29 is 14.2 Å². The van der Waals surface area contributed by atoms with E-state index in [1.165, 1.54) is 12.1 Å². The van der Waals surface area contributed by atoms with Crippen molar-refractivity contribution in [3.05, 3.63) is 53.3 Å². The van der Waals surface area contributed by atoms with Crippen LogP contribution in [0.4, 0.5) is 15.8 Å². The predicted molar refractivity (Wildman–Crippen MR) is 106 cm³/mol. The van der Waals surface area contributed by atoms with Crippen LogP contribution in [0.2, 0.25) is 0 Å². The number of nitrogens with one attached hydrogen (secondary N) is 1. The molecule has 1 aliphatic heterocycles. The Hall–Kier alpha value is -2.57. The van der Waals surface area contributed by atoms with Crippen molar-refractivity contribution in [2.45, 2.75) is 38.0 Å². The summed E-state index contributed by atoms with van der Waals surface area (Å²) in [4.78, 5) is 7.97. The highest BCUT2D eigenvalue weighted by atomic mass is 19.1. The van der Waals surface area contributed by atoms with Gasteiger partial charge in [-0.2, -0.15) is 0 Å². The first-order valence-electron chi connectivity index (χ1n) is 8.82. The molecule has 0 saturated heterocycles. The number of fused-ring (bicyclic) bond motifs is 1. The summed E-state index contributed by atoms with van der Waals surface area (Å²) < 4.78 is 19.0. The maximum Gasteiger partial charge on any atom is 0.131 e. The van der Waals surface area contributed by atoms with Crippen molar-refractivity contribution in [2.75, 3.05) is 6.54 Å². The summed E-state index contributed by atoms with van der Waals surface area (Å²) in [5.74, 6) is 0.387. The van der Waals surface area contributed by atoms with Crippen molar-refractivity contribution in [1.82, 2.24) is 5.32 Å². The van der Waals surface area contributed by atoms with Gasteiger partial charge >= 0.3 is 0 Å². The summed E-state index contributed by atoms with van der Waals surface area (Å²) in [7, 11) is 0. The van der Waals surface area contributed by atoms with Crippen LogP contribution >= 0.6 is 0 Å². The molecule has 3 rings (SSSR count). The molecule has 0 aromatic heterocycles. The summed E-state index contributed by atoms with van der Waals surface area (Å²) in [5.41, 5.74) is 2.22. The summed E-state index contributed by atoms with van der Waals surface area (Å²) in [6, 6.07) is 9.66. The number of halogens is 1. The van der Waals surface area contributed by atoms with E-state index in [0.29, 0.717) is 30.1 Å². The molecule has 0 spiro atoms. The topological polar surface area (TPSA) is 66.2 Å². The fourth-order valence-corrected chi connectivity index (χ4v) is 3.32. The van der Waals surface area contributed by atoms with E-state index in [1.54, 1.807) is 18.2 Å². The van der Waals surface area contributed by atoms with Crippen molar-refractivity contribution >= 4 is 24.8 Å². The third-order valence-electron chi connectivity index (χ3n) is 4.87. The Kier molecular flexibility index (Phi) is 5.39. The average Bonchev–Trinajstić information content (AvgIpc) is 2.65. The molecule has 5 nitrogen and oxygen atoms in total. The average molecular weight is 369 g/mol. The summed E-state index contributed by atoms with van der Waals surface area (Å²) in [6.45, 7) is 11.4. The minimum Gasteiger partial charge on any atom is -0.485 e. The van der Waals surface area contributed by atoms with Gasteiger partial charge in [-0.05, 0) is 64.0 Å². The first kappa shape index (κ1) is 19.2. The molecule has 27 heavy (non-hydrogen) atoms. The van der Waals surface area contributed by atoms with Crippen molar-refractivity contribution in [1.29, 1.82) is 0 Å². The molecular formula is C21H24FN3O2. The number of aliphatic hydroxyl groups excluding tert-OH is 1. The third kappa shape index (κ3) is 3.91. The van der Waals surface area contributed by atoms with E-state index < -0.39 is 11.7 Å². The number of rotatable bonds is 6. The zero-order valence-corrected chi connectivity index (χ0v) is 15.6. The smallest absolute Gasteiger partial charge is 0.131 e. The third-order valence-corrected chi connectivity index (χ3v) is 4.87. The van der Waals surface area contributed by atoms with E-state index in [2.05, 4.69) is 28.7 Å². The number of ether oxygens (including phenoxy) is 1. The second kappa shape index (κ2) is 7.58. The molecule has 1 heterocycles. The van der Waals surface area contributed by atoms with Gasteiger partial charge in [-0.25, -0.2) is 4.39 Å². The monoisotopic (exact) mass is 369 g/mol. The van der Waals surface area contributed by atoms with E-state index >= 15 is 0 Å². The molecule has 1 unspecified atom stereocenters. The van der Waals surface area contributed by atoms with Gasteiger partial charge in [-0.15, -0.1) is 0 Å². The molecule has 142 valence electrons. The fraction of sp³-hybridized carbons (Fsp3) is 0.333. The highest BCUT2D eigenvalue weighted by molar-refractivity contribution is 5.71. The number of nitrogens with zero attached hydrogens (tertiary/aromatic N) is 2. The van der Waals surface area contributed by atoms with Crippen LogP contribution in [0, 0.1) is 5.82 Å². The molecule has 2 aromatic rings. The number of benzene rings is 2. The number of aliphatic imine (C=N–C) groups is 2. The van der Waals surface area contributed by atoms with Crippen LogP contribution in [-0.2, 0) is 6.42 Å². The molecule has 1 aliphatic rings. The second-order valence-corrected chi connectivity index (χ2v) is 7.15. The van der Waals surface area contributed by atoms with E-state index in [4.69, 9.17) is 4.74 Å². The van der Waals surface area contributed by atoms with Gasteiger partial charge < -0.3 is 15.2 Å². The predicted octanol–water partition coefficient (Wildman–Crippen LogP) is 3.90. The van der Waals surface area contributed by atoms with Crippen LogP contribution in [0.1, 0.15) is 31.0 Å². The zero-order chi connectivity index (χ0) is 19.6. The molecule has 6 heteroatoms.